The molecule has 0 heterocycles. The van der Waals surface area contributed by atoms with E-state index in [-0.39, 0.29) is 12.0 Å². The number of hydrogen-bond donors (Lipinski definition) is 2. The minimum Gasteiger partial charge on any atom is -0.478 e. The molecule has 0 atom stereocenters. The fourth-order valence-electron chi connectivity index (χ4n) is 1.45. The fourth-order valence-corrected chi connectivity index (χ4v) is 1.45. The third kappa shape index (κ3) is 3.06. The van der Waals surface area contributed by atoms with E-state index in [1.165, 1.54) is 0 Å². The number of carboxylic acid groups (broad SMARTS) is 1. The first-order valence-electron chi connectivity index (χ1n) is 4.88. The first-order valence-corrected chi connectivity index (χ1v) is 4.88. The second-order valence-corrected chi connectivity index (χ2v) is 4.46. The molecule has 0 fully saturated rings. The minimum absolute atomic E-state index is 0.0426. The Bertz CT molecular complexity index is 356. The standard InChI is InChI=1S/C12H16O3/c1-12(2,8-13)7-9-5-3-4-6-10(9)11(14)15/h3-6,13H,7-8H2,1-2H3,(H,14,15). The molecular weight excluding hydrogens is 192 g/mol. The van der Waals surface area contributed by atoms with Crippen LogP contribution in [0, 0.1) is 5.41 Å². The first-order chi connectivity index (χ1) is 6.96. The molecule has 0 aliphatic carbocycles. The molecule has 0 saturated heterocycles. The number of carboxylic acids is 1. The lowest BCUT2D eigenvalue weighted by Crippen LogP contribution is -2.21. The van der Waals surface area contributed by atoms with E-state index < -0.39 is 5.97 Å². The van der Waals surface area contributed by atoms with Crippen molar-refractivity contribution in [2.24, 2.45) is 5.41 Å². The second-order valence-electron chi connectivity index (χ2n) is 4.46. The van der Waals surface area contributed by atoms with Gasteiger partial charge in [-0.3, -0.25) is 0 Å². The lowest BCUT2D eigenvalue weighted by molar-refractivity contribution is 0.0694. The van der Waals surface area contributed by atoms with Gasteiger partial charge in [0.05, 0.1) is 5.56 Å². The predicted molar refractivity (Wildman–Crippen MR) is 58.0 cm³/mol. The van der Waals surface area contributed by atoms with Gasteiger partial charge in [-0.2, -0.15) is 0 Å². The van der Waals surface area contributed by atoms with Crippen LogP contribution >= 0.6 is 0 Å². The Morgan fingerprint density at radius 1 is 1.33 bits per heavy atom. The molecular formula is C12H16O3. The number of carbonyl (C=O) groups is 1. The Balaban J connectivity index is 2.99. The molecule has 2 N–H and O–H groups in total. The number of aromatic carboxylic acids is 1. The monoisotopic (exact) mass is 208 g/mol. The van der Waals surface area contributed by atoms with Crippen molar-refractivity contribution >= 4 is 5.97 Å². The molecule has 0 bridgehead atoms. The normalized spacial score (nSPS) is 11.4. The van der Waals surface area contributed by atoms with Gasteiger partial charge in [0.1, 0.15) is 0 Å². The topological polar surface area (TPSA) is 57.5 Å². The Kier molecular flexibility index (Phi) is 3.48. The molecule has 0 aliphatic heterocycles. The van der Waals surface area contributed by atoms with Crippen molar-refractivity contribution in [3.8, 4) is 0 Å². The summed E-state index contributed by atoms with van der Waals surface area (Å²) in [5.74, 6) is -0.917. The van der Waals surface area contributed by atoms with Crippen LogP contribution in [-0.4, -0.2) is 22.8 Å². The Labute approximate surface area is 89.4 Å². The van der Waals surface area contributed by atoms with Crippen LogP contribution in [0.5, 0.6) is 0 Å². The summed E-state index contributed by atoms with van der Waals surface area (Å²) >= 11 is 0. The van der Waals surface area contributed by atoms with Crippen LogP contribution in [0.3, 0.4) is 0 Å². The minimum atomic E-state index is -0.917. The average Bonchev–Trinajstić information content (AvgIpc) is 2.18. The van der Waals surface area contributed by atoms with Crippen LogP contribution in [0.4, 0.5) is 0 Å². The van der Waals surface area contributed by atoms with Crippen molar-refractivity contribution < 1.29 is 15.0 Å². The van der Waals surface area contributed by atoms with Crippen LogP contribution in [0.25, 0.3) is 0 Å². The van der Waals surface area contributed by atoms with Gasteiger partial charge in [-0.05, 0) is 23.5 Å². The maximum Gasteiger partial charge on any atom is 0.335 e. The fraction of sp³-hybridized carbons (Fsp3) is 0.417. The van der Waals surface area contributed by atoms with Crippen LogP contribution in [0.15, 0.2) is 24.3 Å². The molecule has 0 amide bonds. The van der Waals surface area contributed by atoms with Crippen molar-refractivity contribution in [2.45, 2.75) is 20.3 Å². The van der Waals surface area contributed by atoms with Gasteiger partial charge in [0.25, 0.3) is 0 Å². The van der Waals surface area contributed by atoms with E-state index in [4.69, 9.17) is 10.2 Å². The highest BCUT2D eigenvalue weighted by Crippen LogP contribution is 2.23. The van der Waals surface area contributed by atoms with Crippen molar-refractivity contribution in [3.05, 3.63) is 35.4 Å². The van der Waals surface area contributed by atoms with E-state index in [2.05, 4.69) is 0 Å². The van der Waals surface area contributed by atoms with Gasteiger partial charge >= 0.3 is 5.97 Å². The van der Waals surface area contributed by atoms with Crippen molar-refractivity contribution in [1.29, 1.82) is 0 Å². The first kappa shape index (κ1) is 11.7. The van der Waals surface area contributed by atoms with Gasteiger partial charge in [0, 0.05) is 6.61 Å². The zero-order valence-electron chi connectivity index (χ0n) is 9.03. The molecule has 0 aliphatic rings. The summed E-state index contributed by atoms with van der Waals surface area (Å²) in [6.45, 7) is 3.86. The Hall–Kier alpha value is -1.35. The molecule has 82 valence electrons. The van der Waals surface area contributed by atoms with Crippen LogP contribution < -0.4 is 0 Å². The van der Waals surface area contributed by atoms with Crippen LogP contribution in [0.2, 0.25) is 0 Å². The summed E-state index contributed by atoms with van der Waals surface area (Å²) in [6.07, 6.45) is 0.561. The summed E-state index contributed by atoms with van der Waals surface area (Å²) in [5.41, 5.74) is 0.800. The van der Waals surface area contributed by atoms with Gasteiger partial charge in [0.15, 0.2) is 0 Å². The molecule has 3 nitrogen and oxygen atoms in total. The summed E-state index contributed by atoms with van der Waals surface area (Å²) in [7, 11) is 0. The second kappa shape index (κ2) is 4.45. The molecule has 0 spiro atoms. The van der Waals surface area contributed by atoms with Gasteiger partial charge in [-0.25, -0.2) is 4.79 Å². The average molecular weight is 208 g/mol. The SMILES string of the molecule is CC(C)(CO)Cc1ccccc1C(=O)O. The molecule has 0 aromatic heterocycles. The summed E-state index contributed by atoms with van der Waals surface area (Å²) < 4.78 is 0. The molecule has 0 saturated carbocycles. The molecule has 0 unspecified atom stereocenters. The molecule has 1 aromatic rings. The zero-order chi connectivity index (χ0) is 11.5. The van der Waals surface area contributed by atoms with Crippen LogP contribution in [0.1, 0.15) is 29.8 Å². The highest BCUT2D eigenvalue weighted by Gasteiger charge is 2.20. The zero-order valence-corrected chi connectivity index (χ0v) is 9.03. The van der Waals surface area contributed by atoms with E-state index in [1.807, 2.05) is 19.9 Å². The van der Waals surface area contributed by atoms with E-state index >= 15 is 0 Å². The Morgan fingerprint density at radius 3 is 2.47 bits per heavy atom. The third-order valence-electron chi connectivity index (χ3n) is 2.34. The maximum absolute atomic E-state index is 10.9. The van der Waals surface area contributed by atoms with Crippen molar-refractivity contribution in [1.82, 2.24) is 0 Å². The molecule has 0 radical (unpaired) electrons. The van der Waals surface area contributed by atoms with E-state index in [0.717, 1.165) is 5.56 Å². The van der Waals surface area contributed by atoms with Gasteiger partial charge < -0.3 is 10.2 Å². The smallest absolute Gasteiger partial charge is 0.335 e. The van der Waals surface area contributed by atoms with Gasteiger partial charge in [-0.1, -0.05) is 32.0 Å². The lowest BCUT2D eigenvalue weighted by Gasteiger charge is -2.22. The highest BCUT2D eigenvalue weighted by atomic mass is 16.4. The quantitative estimate of drug-likeness (QED) is 0.795. The molecule has 1 aromatic carbocycles. The number of benzene rings is 1. The van der Waals surface area contributed by atoms with E-state index in [1.54, 1.807) is 18.2 Å². The molecule has 1 rings (SSSR count). The predicted octanol–water partition coefficient (Wildman–Crippen LogP) is 1.95. The summed E-state index contributed by atoms with van der Waals surface area (Å²) in [6, 6.07) is 6.90. The summed E-state index contributed by atoms with van der Waals surface area (Å²) in [4.78, 5) is 10.9. The van der Waals surface area contributed by atoms with Crippen LogP contribution in [-0.2, 0) is 6.42 Å². The number of hydrogen-bond acceptors (Lipinski definition) is 2. The maximum atomic E-state index is 10.9. The van der Waals surface area contributed by atoms with E-state index in [0.29, 0.717) is 12.0 Å². The lowest BCUT2D eigenvalue weighted by atomic mass is 9.85. The van der Waals surface area contributed by atoms with Gasteiger partial charge in [-0.15, -0.1) is 0 Å². The van der Waals surface area contributed by atoms with Crippen molar-refractivity contribution in [2.75, 3.05) is 6.61 Å². The highest BCUT2D eigenvalue weighted by molar-refractivity contribution is 5.89. The molecule has 15 heavy (non-hydrogen) atoms. The van der Waals surface area contributed by atoms with Gasteiger partial charge in [0.2, 0.25) is 0 Å². The number of aliphatic hydroxyl groups is 1. The number of rotatable bonds is 4. The largest absolute Gasteiger partial charge is 0.478 e. The van der Waals surface area contributed by atoms with Crippen molar-refractivity contribution in [3.63, 3.8) is 0 Å². The van der Waals surface area contributed by atoms with E-state index in [9.17, 15) is 4.79 Å². The summed E-state index contributed by atoms with van der Waals surface area (Å²) in [5, 5.41) is 18.1. The number of aliphatic hydroxyl groups excluding tert-OH is 1. The molecule has 3 heteroatoms. The third-order valence-corrected chi connectivity index (χ3v) is 2.34. The Morgan fingerprint density at radius 2 is 1.93 bits per heavy atom.